The van der Waals surface area contributed by atoms with Crippen molar-refractivity contribution in [3.63, 3.8) is 0 Å². The van der Waals surface area contributed by atoms with E-state index in [4.69, 9.17) is 14.2 Å². The number of carbonyl (C=O) groups is 2. The number of hydrogen-bond donors (Lipinski definition) is 1. The molecule has 2 aliphatic rings. The van der Waals surface area contributed by atoms with Gasteiger partial charge >= 0.3 is 5.97 Å². The summed E-state index contributed by atoms with van der Waals surface area (Å²) in [6.45, 7) is 2.20. The van der Waals surface area contributed by atoms with Crippen LogP contribution in [0.3, 0.4) is 0 Å². The summed E-state index contributed by atoms with van der Waals surface area (Å²) in [5.74, 6) is 0.814. The fourth-order valence-electron chi connectivity index (χ4n) is 3.05. The van der Waals surface area contributed by atoms with Crippen molar-refractivity contribution in [2.24, 2.45) is 13.0 Å². The highest BCUT2D eigenvalue weighted by Crippen LogP contribution is 2.40. The second kappa shape index (κ2) is 6.40. The molecule has 1 aliphatic carbocycles. The number of amides is 1. The Balaban J connectivity index is 1.78. The lowest BCUT2D eigenvalue weighted by atomic mass is 10.1. The Morgan fingerprint density at radius 1 is 1.27 bits per heavy atom. The normalized spacial score (nSPS) is 15.0. The summed E-state index contributed by atoms with van der Waals surface area (Å²) in [4.78, 5) is 24.8. The molecule has 7 nitrogen and oxygen atoms in total. The van der Waals surface area contributed by atoms with E-state index in [-0.39, 0.29) is 25.2 Å². The zero-order valence-corrected chi connectivity index (χ0v) is 14.7. The minimum Gasteiger partial charge on any atom is -0.461 e. The molecule has 1 aromatic carbocycles. The first-order valence-electron chi connectivity index (χ1n) is 8.65. The van der Waals surface area contributed by atoms with Crippen LogP contribution in [0, 0.1) is 5.92 Å². The van der Waals surface area contributed by atoms with Crippen molar-refractivity contribution < 1.29 is 23.8 Å². The summed E-state index contributed by atoms with van der Waals surface area (Å²) in [6.07, 6.45) is 3.58. The van der Waals surface area contributed by atoms with Gasteiger partial charge in [0.05, 0.1) is 12.3 Å². The van der Waals surface area contributed by atoms with Gasteiger partial charge in [-0.2, -0.15) is 0 Å². The topological polar surface area (TPSA) is 78.8 Å². The number of esters is 1. The van der Waals surface area contributed by atoms with Crippen molar-refractivity contribution in [3.8, 4) is 22.6 Å². The van der Waals surface area contributed by atoms with Crippen LogP contribution >= 0.6 is 0 Å². The fraction of sp³-hybridized carbons (Fsp3) is 0.368. The zero-order valence-electron chi connectivity index (χ0n) is 14.7. The summed E-state index contributed by atoms with van der Waals surface area (Å²) in [6, 6.07) is 5.55. The molecule has 2 aromatic rings. The van der Waals surface area contributed by atoms with Gasteiger partial charge in [-0.25, -0.2) is 4.79 Å². The summed E-state index contributed by atoms with van der Waals surface area (Å²) >= 11 is 0. The van der Waals surface area contributed by atoms with Crippen LogP contribution in [0.5, 0.6) is 11.5 Å². The average Bonchev–Trinajstić information content (AvgIpc) is 3.28. The fourth-order valence-corrected chi connectivity index (χ4v) is 3.05. The Morgan fingerprint density at radius 2 is 2.04 bits per heavy atom. The van der Waals surface area contributed by atoms with Crippen LogP contribution in [0.15, 0.2) is 24.4 Å². The van der Waals surface area contributed by atoms with Crippen LogP contribution in [0.4, 0.5) is 5.69 Å². The van der Waals surface area contributed by atoms with Crippen molar-refractivity contribution >= 4 is 17.6 Å². The maximum atomic E-state index is 12.4. The molecule has 1 saturated carbocycles. The molecule has 0 bridgehead atoms. The number of aryl methyl sites for hydroxylation is 1. The molecule has 1 N–H and O–H groups in total. The number of benzene rings is 1. The number of fused-ring (bicyclic) bond motifs is 1. The molecule has 1 aromatic heterocycles. The average molecular weight is 356 g/mol. The molecule has 136 valence electrons. The van der Waals surface area contributed by atoms with Gasteiger partial charge in [0.15, 0.2) is 17.2 Å². The predicted molar refractivity (Wildman–Crippen MR) is 94.3 cm³/mol. The van der Waals surface area contributed by atoms with Gasteiger partial charge in [-0.1, -0.05) is 6.07 Å². The first-order chi connectivity index (χ1) is 12.6. The van der Waals surface area contributed by atoms with E-state index in [2.05, 4.69) is 5.32 Å². The predicted octanol–water partition coefficient (Wildman–Crippen LogP) is 2.95. The molecular weight excluding hydrogens is 336 g/mol. The first kappa shape index (κ1) is 16.5. The lowest BCUT2D eigenvalue weighted by Gasteiger charge is -2.10. The molecule has 1 amide bonds. The number of rotatable bonds is 5. The quantitative estimate of drug-likeness (QED) is 0.834. The molecule has 0 spiro atoms. The summed E-state index contributed by atoms with van der Waals surface area (Å²) in [5, 5.41) is 2.93. The van der Waals surface area contributed by atoms with Gasteiger partial charge in [0.1, 0.15) is 0 Å². The van der Waals surface area contributed by atoms with Gasteiger partial charge in [0.25, 0.3) is 0 Å². The molecule has 1 fully saturated rings. The van der Waals surface area contributed by atoms with E-state index < -0.39 is 5.97 Å². The summed E-state index contributed by atoms with van der Waals surface area (Å²) in [5.41, 5.74) is 2.37. The van der Waals surface area contributed by atoms with Crippen LogP contribution < -0.4 is 14.8 Å². The molecule has 2 heterocycles. The van der Waals surface area contributed by atoms with E-state index in [1.807, 2.05) is 24.4 Å². The Labute approximate surface area is 150 Å². The number of ether oxygens (including phenoxy) is 3. The maximum absolute atomic E-state index is 12.4. The third-order valence-corrected chi connectivity index (χ3v) is 4.53. The molecule has 4 rings (SSSR count). The van der Waals surface area contributed by atoms with Crippen molar-refractivity contribution in [2.75, 3.05) is 18.7 Å². The van der Waals surface area contributed by atoms with Crippen LogP contribution in [-0.4, -0.2) is 29.8 Å². The summed E-state index contributed by atoms with van der Waals surface area (Å²) in [7, 11) is 1.76. The van der Waals surface area contributed by atoms with Gasteiger partial charge in [0.2, 0.25) is 12.7 Å². The Hall–Kier alpha value is -2.96. The third-order valence-electron chi connectivity index (χ3n) is 4.53. The lowest BCUT2D eigenvalue weighted by molar-refractivity contribution is -0.117. The van der Waals surface area contributed by atoms with E-state index in [9.17, 15) is 9.59 Å². The van der Waals surface area contributed by atoms with Gasteiger partial charge in [-0.05, 0) is 37.5 Å². The monoisotopic (exact) mass is 356 g/mol. The number of hydrogen-bond acceptors (Lipinski definition) is 5. The molecule has 7 heteroatoms. The molecular formula is C19H20N2O5. The Morgan fingerprint density at radius 3 is 2.77 bits per heavy atom. The van der Waals surface area contributed by atoms with Gasteiger partial charge in [0, 0.05) is 24.7 Å². The molecule has 26 heavy (non-hydrogen) atoms. The maximum Gasteiger partial charge on any atom is 0.357 e. The van der Waals surface area contributed by atoms with Crippen molar-refractivity contribution in [1.29, 1.82) is 0 Å². The number of nitrogens with one attached hydrogen (secondary N) is 1. The minimum atomic E-state index is -0.465. The number of anilines is 1. The van der Waals surface area contributed by atoms with Crippen molar-refractivity contribution in [2.45, 2.75) is 19.8 Å². The van der Waals surface area contributed by atoms with E-state index in [1.165, 1.54) is 0 Å². The van der Waals surface area contributed by atoms with Gasteiger partial charge in [-0.3, -0.25) is 4.79 Å². The largest absolute Gasteiger partial charge is 0.461 e. The Kier molecular flexibility index (Phi) is 4.06. The highest BCUT2D eigenvalue weighted by molar-refractivity contribution is 6.06. The smallest absolute Gasteiger partial charge is 0.357 e. The molecule has 0 radical (unpaired) electrons. The van der Waals surface area contributed by atoms with Gasteiger partial charge in [-0.15, -0.1) is 0 Å². The van der Waals surface area contributed by atoms with Crippen molar-refractivity contribution in [1.82, 2.24) is 4.57 Å². The van der Waals surface area contributed by atoms with Crippen LogP contribution in [0.2, 0.25) is 0 Å². The first-order valence-corrected chi connectivity index (χ1v) is 8.65. The molecule has 0 saturated heterocycles. The standard InChI is InChI=1S/C19H20N2O5/c1-3-24-19(23)17-16(20-18(22)11-4-5-11)13(9-21(17)2)12-6-7-14-15(8-12)26-10-25-14/h6-9,11H,3-5,10H2,1-2H3,(H,20,22). The second-order valence-electron chi connectivity index (χ2n) is 6.43. The molecule has 1 aliphatic heterocycles. The van der Waals surface area contributed by atoms with Crippen molar-refractivity contribution in [3.05, 3.63) is 30.1 Å². The summed E-state index contributed by atoms with van der Waals surface area (Å²) < 4.78 is 17.7. The van der Waals surface area contributed by atoms with E-state index in [0.717, 1.165) is 24.0 Å². The minimum absolute atomic E-state index is 0.0230. The zero-order chi connectivity index (χ0) is 18.3. The van der Waals surface area contributed by atoms with E-state index >= 15 is 0 Å². The van der Waals surface area contributed by atoms with Gasteiger partial charge < -0.3 is 24.1 Å². The van der Waals surface area contributed by atoms with Crippen LogP contribution in [0.1, 0.15) is 30.3 Å². The van der Waals surface area contributed by atoms with E-state index in [0.29, 0.717) is 22.9 Å². The SMILES string of the molecule is CCOC(=O)c1c(NC(=O)C2CC2)c(-c2ccc3c(c2)OCO3)cn1C. The molecule has 0 atom stereocenters. The van der Waals surface area contributed by atoms with Crippen LogP contribution in [0.25, 0.3) is 11.1 Å². The third kappa shape index (κ3) is 2.89. The number of nitrogens with zero attached hydrogens (tertiary/aromatic N) is 1. The molecule has 0 unspecified atom stereocenters. The number of carbonyl (C=O) groups excluding carboxylic acids is 2. The second-order valence-corrected chi connectivity index (χ2v) is 6.43. The number of aromatic nitrogens is 1. The lowest BCUT2D eigenvalue weighted by Crippen LogP contribution is -2.18. The van der Waals surface area contributed by atoms with Crippen LogP contribution in [-0.2, 0) is 16.6 Å². The van der Waals surface area contributed by atoms with E-state index in [1.54, 1.807) is 18.5 Å². The Bertz CT molecular complexity index is 882. The highest BCUT2D eigenvalue weighted by atomic mass is 16.7. The highest BCUT2D eigenvalue weighted by Gasteiger charge is 2.32.